The van der Waals surface area contributed by atoms with Crippen LogP contribution in [0, 0.1) is 11.8 Å². The van der Waals surface area contributed by atoms with Crippen molar-refractivity contribution in [3.63, 3.8) is 0 Å². The quantitative estimate of drug-likeness (QED) is 0.829. The van der Waals surface area contributed by atoms with Crippen molar-refractivity contribution < 1.29 is 14.7 Å². The van der Waals surface area contributed by atoms with Crippen LogP contribution in [0.3, 0.4) is 0 Å². The van der Waals surface area contributed by atoms with Crippen molar-refractivity contribution in [2.24, 2.45) is 11.8 Å². The molecular weight excluding hydrogens is 323 g/mol. The minimum Gasteiger partial charge on any atom is -0.481 e. The molecular formula is C11H12BrClN2O3. The second-order valence-corrected chi connectivity index (χ2v) is 5.17. The molecule has 0 aliphatic rings. The van der Waals surface area contributed by atoms with Gasteiger partial charge in [0.05, 0.1) is 11.6 Å². The monoisotopic (exact) mass is 334 g/mol. The fourth-order valence-electron chi connectivity index (χ4n) is 1.20. The summed E-state index contributed by atoms with van der Waals surface area (Å²) < 4.78 is 0.668. The zero-order valence-corrected chi connectivity index (χ0v) is 12.1. The van der Waals surface area contributed by atoms with Gasteiger partial charge in [0, 0.05) is 16.6 Å². The van der Waals surface area contributed by atoms with Crippen LogP contribution in [0.1, 0.15) is 13.8 Å². The zero-order valence-electron chi connectivity index (χ0n) is 9.78. The highest BCUT2D eigenvalue weighted by Gasteiger charge is 2.26. The minimum absolute atomic E-state index is 0.154. The predicted octanol–water partition coefficient (Wildman–Crippen LogP) is 2.79. The van der Waals surface area contributed by atoms with Gasteiger partial charge in [0.25, 0.3) is 0 Å². The van der Waals surface area contributed by atoms with Crippen LogP contribution in [0.5, 0.6) is 0 Å². The number of anilines is 1. The molecule has 98 valence electrons. The van der Waals surface area contributed by atoms with E-state index in [2.05, 4.69) is 26.2 Å². The number of nitrogens with one attached hydrogen (secondary N) is 1. The number of hydrogen-bond donors (Lipinski definition) is 2. The number of amides is 1. The number of rotatable bonds is 4. The van der Waals surface area contributed by atoms with Gasteiger partial charge in [-0.05, 0) is 22.0 Å². The lowest BCUT2D eigenvalue weighted by atomic mass is 9.95. The Morgan fingerprint density at radius 2 is 2.06 bits per heavy atom. The van der Waals surface area contributed by atoms with Gasteiger partial charge in [-0.15, -0.1) is 0 Å². The van der Waals surface area contributed by atoms with Crippen molar-refractivity contribution in [2.45, 2.75) is 13.8 Å². The van der Waals surface area contributed by atoms with Crippen LogP contribution in [0.2, 0.25) is 5.15 Å². The number of carbonyl (C=O) groups excluding carboxylic acids is 1. The first-order chi connectivity index (χ1) is 8.32. The van der Waals surface area contributed by atoms with Gasteiger partial charge in [-0.3, -0.25) is 9.59 Å². The van der Waals surface area contributed by atoms with Crippen molar-refractivity contribution in [3.05, 3.63) is 21.9 Å². The molecule has 0 aliphatic carbocycles. The molecule has 0 radical (unpaired) electrons. The molecule has 0 spiro atoms. The van der Waals surface area contributed by atoms with E-state index in [0.717, 1.165) is 0 Å². The fraction of sp³-hybridized carbons (Fsp3) is 0.364. The van der Waals surface area contributed by atoms with Crippen LogP contribution in [0.15, 0.2) is 16.7 Å². The Labute approximate surface area is 118 Å². The van der Waals surface area contributed by atoms with Gasteiger partial charge in [0.15, 0.2) is 5.15 Å². The van der Waals surface area contributed by atoms with E-state index < -0.39 is 23.7 Å². The fourth-order valence-corrected chi connectivity index (χ4v) is 1.68. The summed E-state index contributed by atoms with van der Waals surface area (Å²) in [5.74, 6) is -2.87. The molecule has 2 unspecified atom stereocenters. The first-order valence-electron chi connectivity index (χ1n) is 5.17. The topological polar surface area (TPSA) is 79.3 Å². The molecule has 0 bridgehead atoms. The van der Waals surface area contributed by atoms with Gasteiger partial charge in [-0.1, -0.05) is 25.4 Å². The summed E-state index contributed by atoms with van der Waals surface area (Å²) in [6.07, 6.45) is 1.50. The maximum Gasteiger partial charge on any atom is 0.307 e. The Balaban J connectivity index is 2.81. The largest absolute Gasteiger partial charge is 0.481 e. The SMILES string of the molecule is CC(C(=O)O)C(C)C(=O)Nc1cc(Br)cnc1Cl. The Morgan fingerprint density at radius 3 is 2.61 bits per heavy atom. The molecule has 1 rings (SSSR count). The molecule has 1 aromatic rings. The highest BCUT2D eigenvalue weighted by atomic mass is 79.9. The van der Waals surface area contributed by atoms with Crippen LogP contribution >= 0.6 is 27.5 Å². The lowest BCUT2D eigenvalue weighted by molar-refractivity contribution is -0.145. The number of hydrogen-bond acceptors (Lipinski definition) is 3. The van der Waals surface area contributed by atoms with Crippen molar-refractivity contribution in [1.82, 2.24) is 4.98 Å². The smallest absolute Gasteiger partial charge is 0.307 e. The van der Waals surface area contributed by atoms with E-state index >= 15 is 0 Å². The average molecular weight is 336 g/mol. The number of aromatic nitrogens is 1. The molecule has 0 aromatic carbocycles. The van der Waals surface area contributed by atoms with Crippen molar-refractivity contribution in [3.8, 4) is 0 Å². The number of halogens is 2. The number of aliphatic carboxylic acids is 1. The molecule has 1 aromatic heterocycles. The van der Waals surface area contributed by atoms with Gasteiger partial charge in [-0.25, -0.2) is 4.98 Å². The van der Waals surface area contributed by atoms with Crippen LogP contribution in [0.25, 0.3) is 0 Å². The van der Waals surface area contributed by atoms with Crippen molar-refractivity contribution in [1.29, 1.82) is 0 Å². The molecule has 5 nitrogen and oxygen atoms in total. The molecule has 1 amide bonds. The van der Waals surface area contributed by atoms with Crippen LogP contribution in [0.4, 0.5) is 5.69 Å². The molecule has 18 heavy (non-hydrogen) atoms. The number of carboxylic acid groups (broad SMARTS) is 1. The summed E-state index contributed by atoms with van der Waals surface area (Å²) in [4.78, 5) is 26.5. The normalized spacial score (nSPS) is 13.8. The first kappa shape index (κ1) is 14.9. The van der Waals surface area contributed by atoms with E-state index in [1.165, 1.54) is 13.1 Å². The Kier molecular flexibility index (Phi) is 5.10. The molecule has 2 N–H and O–H groups in total. The standard InChI is InChI=1S/C11H12BrClN2O3/c1-5(6(2)11(17)18)10(16)15-8-3-7(12)4-14-9(8)13/h3-6H,1-2H3,(H,15,16)(H,17,18). The third kappa shape index (κ3) is 3.68. The Hall–Kier alpha value is -1.14. The number of nitrogens with zero attached hydrogens (tertiary/aromatic N) is 1. The summed E-state index contributed by atoms with van der Waals surface area (Å²) in [6.45, 7) is 3.03. The average Bonchev–Trinajstić information content (AvgIpc) is 2.31. The second-order valence-electron chi connectivity index (χ2n) is 3.90. The van der Waals surface area contributed by atoms with E-state index in [1.807, 2.05) is 0 Å². The van der Waals surface area contributed by atoms with E-state index in [-0.39, 0.29) is 5.15 Å². The molecule has 7 heteroatoms. The molecule has 1 heterocycles. The second kappa shape index (κ2) is 6.15. The summed E-state index contributed by atoms with van der Waals surface area (Å²) in [5.41, 5.74) is 0.348. The van der Waals surface area contributed by atoms with Gasteiger partial charge in [0.1, 0.15) is 0 Å². The first-order valence-corrected chi connectivity index (χ1v) is 6.34. The summed E-state index contributed by atoms with van der Waals surface area (Å²) >= 11 is 9.03. The summed E-state index contributed by atoms with van der Waals surface area (Å²) in [5, 5.41) is 11.6. The van der Waals surface area contributed by atoms with Gasteiger partial charge in [0.2, 0.25) is 5.91 Å². The predicted molar refractivity (Wildman–Crippen MR) is 71.5 cm³/mol. The number of pyridine rings is 1. The number of carboxylic acids is 1. The van der Waals surface area contributed by atoms with E-state index in [4.69, 9.17) is 16.7 Å². The lowest BCUT2D eigenvalue weighted by Gasteiger charge is -2.16. The third-order valence-electron chi connectivity index (χ3n) is 2.62. The van der Waals surface area contributed by atoms with E-state index in [9.17, 15) is 9.59 Å². The van der Waals surface area contributed by atoms with Crippen LogP contribution < -0.4 is 5.32 Å². The van der Waals surface area contributed by atoms with Gasteiger partial charge in [-0.2, -0.15) is 0 Å². The van der Waals surface area contributed by atoms with E-state index in [0.29, 0.717) is 10.2 Å². The van der Waals surface area contributed by atoms with Gasteiger partial charge < -0.3 is 10.4 Å². The van der Waals surface area contributed by atoms with Crippen LogP contribution in [-0.2, 0) is 9.59 Å². The number of carbonyl (C=O) groups is 2. The van der Waals surface area contributed by atoms with Crippen molar-refractivity contribution in [2.75, 3.05) is 5.32 Å². The highest BCUT2D eigenvalue weighted by molar-refractivity contribution is 9.10. The maximum atomic E-state index is 11.8. The summed E-state index contributed by atoms with van der Waals surface area (Å²) in [6, 6.07) is 1.60. The lowest BCUT2D eigenvalue weighted by Crippen LogP contribution is -2.30. The summed E-state index contributed by atoms with van der Waals surface area (Å²) in [7, 11) is 0. The Morgan fingerprint density at radius 1 is 1.44 bits per heavy atom. The van der Waals surface area contributed by atoms with Gasteiger partial charge >= 0.3 is 5.97 Å². The molecule has 0 saturated heterocycles. The molecule has 2 atom stereocenters. The molecule has 0 aliphatic heterocycles. The molecule has 0 saturated carbocycles. The van der Waals surface area contributed by atoms with E-state index in [1.54, 1.807) is 13.0 Å². The Bertz CT molecular complexity index is 481. The highest BCUT2D eigenvalue weighted by Crippen LogP contribution is 2.24. The minimum atomic E-state index is -1.02. The third-order valence-corrected chi connectivity index (χ3v) is 3.35. The van der Waals surface area contributed by atoms with Crippen LogP contribution in [-0.4, -0.2) is 22.0 Å². The zero-order chi connectivity index (χ0) is 13.9. The maximum absolute atomic E-state index is 11.8. The molecule has 0 fully saturated rings. The van der Waals surface area contributed by atoms with Crippen molar-refractivity contribution >= 4 is 45.1 Å².